The van der Waals surface area contributed by atoms with E-state index in [2.05, 4.69) is 26.0 Å². The first-order chi connectivity index (χ1) is 9.40. The highest BCUT2D eigenvalue weighted by atomic mass is 79.9. The maximum absolute atomic E-state index is 13.4. The molecule has 0 heterocycles. The van der Waals surface area contributed by atoms with Crippen LogP contribution in [0.5, 0.6) is 0 Å². The summed E-state index contributed by atoms with van der Waals surface area (Å²) in [7, 11) is 1.27. The maximum atomic E-state index is 13.4. The molecule has 0 radical (unpaired) electrons. The zero-order valence-electron chi connectivity index (χ0n) is 11.6. The lowest BCUT2D eigenvalue weighted by Gasteiger charge is -2.21. The summed E-state index contributed by atoms with van der Waals surface area (Å²) in [5.74, 6) is -1.63. The number of carbonyl (C=O) groups excluding carboxylic acids is 2. The van der Waals surface area contributed by atoms with Gasteiger partial charge < -0.3 is 10.1 Å². The van der Waals surface area contributed by atoms with E-state index in [0.29, 0.717) is 6.42 Å². The Balaban J connectivity index is 2.90. The van der Waals surface area contributed by atoms with Gasteiger partial charge in [-0.3, -0.25) is 4.79 Å². The van der Waals surface area contributed by atoms with Gasteiger partial charge >= 0.3 is 5.97 Å². The number of amides is 1. The van der Waals surface area contributed by atoms with Crippen LogP contribution in [0.15, 0.2) is 22.7 Å². The normalized spacial score (nSPS) is 13.4. The van der Waals surface area contributed by atoms with E-state index in [1.54, 1.807) is 0 Å². The third-order valence-corrected chi connectivity index (χ3v) is 3.78. The highest BCUT2D eigenvalue weighted by Crippen LogP contribution is 2.17. The van der Waals surface area contributed by atoms with Gasteiger partial charge in [0.25, 0.3) is 5.91 Å². The van der Waals surface area contributed by atoms with Crippen LogP contribution in [0.4, 0.5) is 4.39 Å². The Morgan fingerprint density at radius 3 is 2.60 bits per heavy atom. The SMILES string of the molecule is CCC(C)C(NC(=O)c1ccc(Br)c(F)c1)C(=O)OC. The maximum Gasteiger partial charge on any atom is 0.328 e. The standard InChI is InChI=1S/C14H17BrFNO3/c1-4-8(2)12(14(19)20-3)17-13(18)9-5-6-10(15)11(16)7-9/h5-8,12H,4H2,1-3H3,(H,17,18). The number of halogens is 2. The van der Waals surface area contributed by atoms with Gasteiger partial charge in [-0.05, 0) is 40.0 Å². The van der Waals surface area contributed by atoms with E-state index in [0.717, 1.165) is 6.07 Å². The van der Waals surface area contributed by atoms with Crippen LogP contribution in [-0.2, 0) is 9.53 Å². The van der Waals surface area contributed by atoms with Crippen LogP contribution in [0.2, 0.25) is 0 Å². The summed E-state index contributed by atoms with van der Waals surface area (Å²) in [4.78, 5) is 23.7. The first-order valence-corrected chi connectivity index (χ1v) is 7.03. The summed E-state index contributed by atoms with van der Waals surface area (Å²) in [6.45, 7) is 3.75. The van der Waals surface area contributed by atoms with Crippen molar-refractivity contribution in [2.24, 2.45) is 5.92 Å². The second-order valence-corrected chi connectivity index (χ2v) is 5.34. The fourth-order valence-corrected chi connectivity index (χ4v) is 1.90. The van der Waals surface area contributed by atoms with Crippen molar-refractivity contribution in [2.45, 2.75) is 26.3 Å². The van der Waals surface area contributed by atoms with Crippen molar-refractivity contribution in [2.75, 3.05) is 7.11 Å². The monoisotopic (exact) mass is 345 g/mol. The Bertz CT molecular complexity index is 507. The van der Waals surface area contributed by atoms with Crippen LogP contribution >= 0.6 is 15.9 Å². The number of hydrogen-bond donors (Lipinski definition) is 1. The molecule has 1 aromatic rings. The highest BCUT2D eigenvalue weighted by Gasteiger charge is 2.27. The number of rotatable bonds is 5. The van der Waals surface area contributed by atoms with Crippen molar-refractivity contribution in [3.63, 3.8) is 0 Å². The van der Waals surface area contributed by atoms with Gasteiger partial charge in [-0.25, -0.2) is 9.18 Å². The molecule has 0 aliphatic heterocycles. The van der Waals surface area contributed by atoms with Crippen LogP contribution in [0.3, 0.4) is 0 Å². The summed E-state index contributed by atoms with van der Waals surface area (Å²) in [5, 5.41) is 2.59. The number of methoxy groups -OCH3 is 1. The number of esters is 1. The predicted molar refractivity (Wildman–Crippen MR) is 76.8 cm³/mol. The molecule has 0 aliphatic rings. The first-order valence-electron chi connectivity index (χ1n) is 6.24. The van der Waals surface area contributed by atoms with E-state index in [-0.39, 0.29) is 16.0 Å². The van der Waals surface area contributed by atoms with Gasteiger partial charge in [0.2, 0.25) is 0 Å². The molecule has 0 aromatic heterocycles. The summed E-state index contributed by atoms with van der Waals surface area (Å²) in [6, 6.07) is 3.29. The summed E-state index contributed by atoms with van der Waals surface area (Å²) >= 11 is 3.02. The molecule has 1 aromatic carbocycles. The van der Waals surface area contributed by atoms with E-state index in [4.69, 9.17) is 0 Å². The van der Waals surface area contributed by atoms with E-state index < -0.39 is 23.7 Å². The van der Waals surface area contributed by atoms with Crippen LogP contribution in [0, 0.1) is 11.7 Å². The van der Waals surface area contributed by atoms with Gasteiger partial charge in [-0.2, -0.15) is 0 Å². The van der Waals surface area contributed by atoms with Gasteiger partial charge in [0, 0.05) is 5.56 Å². The third kappa shape index (κ3) is 4.03. The van der Waals surface area contributed by atoms with E-state index in [9.17, 15) is 14.0 Å². The van der Waals surface area contributed by atoms with Crippen molar-refractivity contribution in [3.8, 4) is 0 Å². The Morgan fingerprint density at radius 2 is 2.10 bits per heavy atom. The largest absolute Gasteiger partial charge is 0.467 e. The Hall–Kier alpha value is -1.43. The van der Waals surface area contributed by atoms with E-state index in [1.807, 2.05) is 13.8 Å². The average molecular weight is 346 g/mol. The summed E-state index contributed by atoms with van der Waals surface area (Å²) in [5.41, 5.74) is 0.155. The molecular formula is C14H17BrFNO3. The molecule has 20 heavy (non-hydrogen) atoms. The lowest BCUT2D eigenvalue weighted by molar-refractivity contribution is -0.144. The number of hydrogen-bond acceptors (Lipinski definition) is 3. The van der Waals surface area contributed by atoms with Gasteiger partial charge in [0.15, 0.2) is 0 Å². The molecule has 6 heteroatoms. The van der Waals surface area contributed by atoms with Gasteiger partial charge in [0.1, 0.15) is 11.9 Å². The molecule has 2 unspecified atom stereocenters. The molecule has 0 saturated carbocycles. The molecule has 0 spiro atoms. The number of carbonyl (C=O) groups is 2. The molecule has 2 atom stereocenters. The molecular weight excluding hydrogens is 329 g/mol. The van der Waals surface area contributed by atoms with Crippen molar-refractivity contribution in [1.29, 1.82) is 0 Å². The second-order valence-electron chi connectivity index (χ2n) is 4.49. The highest BCUT2D eigenvalue weighted by molar-refractivity contribution is 9.10. The van der Waals surface area contributed by atoms with Gasteiger partial charge in [-0.1, -0.05) is 20.3 Å². The van der Waals surface area contributed by atoms with Crippen molar-refractivity contribution < 1.29 is 18.7 Å². The lowest BCUT2D eigenvalue weighted by atomic mass is 9.99. The van der Waals surface area contributed by atoms with Crippen LogP contribution in [0.25, 0.3) is 0 Å². The minimum Gasteiger partial charge on any atom is -0.467 e. The number of benzene rings is 1. The Labute approximate surface area is 125 Å². The average Bonchev–Trinajstić information content (AvgIpc) is 2.45. The number of nitrogens with one attached hydrogen (secondary N) is 1. The zero-order valence-corrected chi connectivity index (χ0v) is 13.2. The smallest absolute Gasteiger partial charge is 0.328 e. The fourth-order valence-electron chi connectivity index (χ4n) is 1.66. The minimum absolute atomic E-state index is 0.0771. The summed E-state index contributed by atoms with van der Waals surface area (Å²) in [6.07, 6.45) is 0.703. The van der Waals surface area contributed by atoms with Crippen LogP contribution in [0.1, 0.15) is 30.6 Å². The molecule has 0 aliphatic carbocycles. The quantitative estimate of drug-likeness (QED) is 0.834. The first kappa shape index (κ1) is 16.6. The zero-order chi connectivity index (χ0) is 15.3. The van der Waals surface area contributed by atoms with Crippen molar-refractivity contribution in [1.82, 2.24) is 5.32 Å². The third-order valence-electron chi connectivity index (χ3n) is 3.14. The van der Waals surface area contributed by atoms with E-state index >= 15 is 0 Å². The molecule has 1 amide bonds. The predicted octanol–water partition coefficient (Wildman–Crippen LogP) is 2.91. The summed E-state index contributed by atoms with van der Waals surface area (Å²) < 4.78 is 18.4. The molecule has 110 valence electrons. The van der Waals surface area contributed by atoms with Gasteiger partial charge in [-0.15, -0.1) is 0 Å². The minimum atomic E-state index is -0.746. The fraction of sp³-hybridized carbons (Fsp3) is 0.429. The lowest BCUT2D eigenvalue weighted by Crippen LogP contribution is -2.45. The molecule has 4 nitrogen and oxygen atoms in total. The van der Waals surface area contributed by atoms with Crippen molar-refractivity contribution >= 4 is 27.8 Å². The van der Waals surface area contributed by atoms with Crippen LogP contribution in [-0.4, -0.2) is 25.0 Å². The Kier molecular flexibility index (Phi) is 6.13. The van der Waals surface area contributed by atoms with Crippen LogP contribution < -0.4 is 5.32 Å². The molecule has 1 N–H and O–H groups in total. The molecule has 1 rings (SSSR count). The number of ether oxygens (including phenoxy) is 1. The van der Waals surface area contributed by atoms with Crippen molar-refractivity contribution in [3.05, 3.63) is 34.1 Å². The molecule has 0 fully saturated rings. The second kappa shape index (κ2) is 7.38. The molecule has 0 bridgehead atoms. The molecule has 0 saturated heterocycles. The Morgan fingerprint density at radius 1 is 1.45 bits per heavy atom. The van der Waals surface area contributed by atoms with Gasteiger partial charge in [0.05, 0.1) is 11.6 Å². The topological polar surface area (TPSA) is 55.4 Å². The van der Waals surface area contributed by atoms with E-state index in [1.165, 1.54) is 19.2 Å².